The molecule has 2 amide bonds. The van der Waals surface area contributed by atoms with Crippen LogP contribution in [0.2, 0.25) is 0 Å². The summed E-state index contributed by atoms with van der Waals surface area (Å²) >= 11 is 0. The summed E-state index contributed by atoms with van der Waals surface area (Å²) in [5.41, 5.74) is 0. The van der Waals surface area contributed by atoms with E-state index in [-0.39, 0.29) is 25.1 Å². The molecule has 6 nitrogen and oxygen atoms in total. The fraction of sp³-hybridized carbons (Fsp3) is 0.833. The normalized spacial score (nSPS) is 21.4. The number of piperidine rings is 1. The average molecular weight is 258 g/mol. The van der Waals surface area contributed by atoms with Gasteiger partial charge in [0.05, 0.1) is 6.42 Å². The minimum Gasteiger partial charge on any atom is -0.481 e. The molecule has 1 heterocycles. The second-order valence-electron chi connectivity index (χ2n) is 4.91. The van der Waals surface area contributed by atoms with E-state index < -0.39 is 5.97 Å². The number of aliphatic hydroxyl groups excluding tert-OH is 1. The van der Waals surface area contributed by atoms with E-state index in [2.05, 4.69) is 5.32 Å². The highest BCUT2D eigenvalue weighted by Crippen LogP contribution is 2.19. The van der Waals surface area contributed by atoms with Crippen molar-refractivity contribution in [2.24, 2.45) is 5.92 Å². The van der Waals surface area contributed by atoms with Crippen LogP contribution in [0.15, 0.2) is 0 Å². The monoisotopic (exact) mass is 258 g/mol. The number of rotatable bonds is 5. The minimum atomic E-state index is -0.917. The Bertz CT molecular complexity index is 294. The maximum Gasteiger partial charge on any atom is 0.317 e. The first kappa shape index (κ1) is 14.8. The van der Waals surface area contributed by atoms with Crippen LogP contribution < -0.4 is 5.32 Å². The molecule has 0 aliphatic carbocycles. The number of carbonyl (C=O) groups is 2. The van der Waals surface area contributed by atoms with Crippen LogP contribution in [0.3, 0.4) is 0 Å². The molecule has 18 heavy (non-hydrogen) atoms. The predicted octanol–water partition coefficient (Wildman–Crippen LogP) is 0.654. The van der Waals surface area contributed by atoms with Gasteiger partial charge in [-0.1, -0.05) is 0 Å². The quantitative estimate of drug-likeness (QED) is 0.675. The number of urea groups is 1. The summed E-state index contributed by atoms with van der Waals surface area (Å²) < 4.78 is 0. The lowest BCUT2D eigenvalue weighted by atomic mass is 9.95. The second-order valence-corrected chi connectivity index (χ2v) is 4.91. The number of nitrogens with zero attached hydrogens (tertiary/aromatic N) is 1. The molecule has 0 aromatic heterocycles. The molecule has 1 saturated heterocycles. The number of carbonyl (C=O) groups excluding carboxylic acids is 1. The van der Waals surface area contributed by atoms with Gasteiger partial charge in [0.1, 0.15) is 0 Å². The van der Waals surface area contributed by atoms with Crippen LogP contribution in [0, 0.1) is 5.92 Å². The van der Waals surface area contributed by atoms with Crippen molar-refractivity contribution in [3.63, 3.8) is 0 Å². The van der Waals surface area contributed by atoms with Gasteiger partial charge in [0.15, 0.2) is 0 Å². The van der Waals surface area contributed by atoms with Crippen LogP contribution in [0.1, 0.15) is 32.6 Å². The lowest BCUT2D eigenvalue weighted by molar-refractivity contribution is -0.137. The van der Waals surface area contributed by atoms with Crippen molar-refractivity contribution in [2.45, 2.75) is 38.6 Å². The number of hydrogen-bond donors (Lipinski definition) is 3. The van der Waals surface area contributed by atoms with Crippen molar-refractivity contribution >= 4 is 12.0 Å². The number of likely N-dealkylation sites (tertiary alicyclic amines) is 1. The summed E-state index contributed by atoms with van der Waals surface area (Å²) in [5, 5.41) is 20.2. The Morgan fingerprint density at radius 3 is 2.83 bits per heavy atom. The molecule has 1 rings (SSSR count). The first-order chi connectivity index (χ1) is 8.52. The van der Waals surface area contributed by atoms with Gasteiger partial charge in [-0.05, 0) is 32.1 Å². The Hall–Kier alpha value is -1.30. The highest BCUT2D eigenvalue weighted by molar-refractivity contribution is 5.76. The molecule has 2 unspecified atom stereocenters. The molecular formula is C12H22N2O4. The van der Waals surface area contributed by atoms with Crippen LogP contribution >= 0.6 is 0 Å². The zero-order valence-corrected chi connectivity index (χ0v) is 10.8. The fourth-order valence-corrected chi connectivity index (χ4v) is 2.28. The molecule has 0 saturated carbocycles. The molecule has 0 aromatic carbocycles. The first-order valence-corrected chi connectivity index (χ1v) is 6.41. The smallest absolute Gasteiger partial charge is 0.317 e. The lowest BCUT2D eigenvalue weighted by Gasteiger charge is -2.33. The molecule has 0 bridgehead atoms. The van der Waals surface area contributed by atoms with E-state index >= 15 is 0 Å². The molecule has 0 radical (unpaired) electrons. The standard InChI is InChI=1S/C12H22N2O4/c1-9(7-11(16)17)13-12(18)14-5-2-3-10(8-14)4-6-15/h9-10,15H,2-8H2,1H3,(H,13,18)(H,16,17). The maximum absolute atomic E-state index is 11.9. The predicted molar refractivity (Wildman–Crippen MR) is 66.2 cm³/mol. The SMILES string of the molecule is CC(CC(=O)O)NC(=O)N1CCCC(CCO)C1. The van der Waals surface area contributed by atoms with E-state index in [1.807, 2.05) is 0 Å². The van der Waals surface area contributed by atoms with Gasteiger partial charge in [0.25, 0.3) is 0 Å². The average Bonchev–Trinajstić information content (AvgIpc) is 2.28. The molecule has 2 atom stereocenters. The summed E-state index contributed by atoms with van der Waals surface area (Å²) in [4.78, 5) is 24.1. The van der Waals surface area contributed by atoms with E-state index in [9.17, 15) is 9.59 Å². The minimum absolute atomic E-state index is 0.0698. The van der Waals surface area contributed by atoms with Gasteiger partial charge in [0.2, 0.25) is 0 Å². The molecule has 0 spiro atoms. The number of amides is 2. The number of nitrogens with one attached hydrogen (secondary N) is 1. The molecule has 1 aliphatic heterocycles. The van der Waals surface area contributed by atoms with Crippen LogP contribution in [0.4, 0.5) is 4.79 Å². The van der Waals surface area contributed by atoms with Crippen molar-refractivity contribution in [1.29, 1.82) is 0 Å². The Morgan fingerprint density at radius 2 is 2.22 bits per heavy atom. The van der Waals surface area contributed by atoms with E-state index in [0.29, 0.717) is 25.4 Å². The van der Waals surface area contributed by atoms with Gasteiger partial charge in [-0.3, -0.25) is 4.79 Å². The molecular weight excluding hydrogens is 236 g/mol. The van der Waals surface area contributed by atoms with Gasteiger partial charge in [-0.25, -0.2) is 4.79 Å². The molecule has 1 aliphatic rings. The first-order valence-electron chi connectivity index (χ1n) is 6.41. The second kappa shape index (κ2) is 7.20. The Balaban J connectivity index is 2.38. The van der Waals surface area contributed by atoms with E-state index in [0.717, 1.165) is 12.8 Å². The highest BCUT2D eigenvalue weighted by atomic mass is 16.4. The number of carboxylic acids is 1. The molecule has 6 heteroatoms. The zero-order valence-electron chi connectivity index (χ0n) is 10.8. The van der Waals surface area contributed by atoms with Crippen molar-refractivity contribution in [3.8, 4) is 0 Å². The molecule has 104 valence electrons. The van der Waals surface area contributed by atoms with Crippen LogP contribution in [0.25, 0.3) is 0 Å². The Labute approximate surface area is 107 Å². The largest absolute Gasteiger partial charge is 0.481 e. The Kier molecular flexibility index (Phi) is 5.91. The third-order valence-electron chi connectivity index (χ3n) is 3.19. The zero-order chi connectivity index (χ0) is 13.5. The number of carboxylic acid groups (broad SMARTS) is 1. The molecule has 1 fully saturated rings. The van der Waals surface area contributed by atoms with Gasteiger partial charge in [-0.15, -0.1) is 0 Å². The van der Waals surface area contributed by atoms with Gasteiger partial charge in [0, 0.05) is 25.7 Å². The summed E-state index contributed by atoms with van der Waals surface area (Å²) in [6, 6.07) is -0.570. The molecule has 3 N–H and O–H groups in total. The number of hydrogen-bond acceptors (Lipinski definition) is 3. The summed E-state index contributed by atoms with van der Waals surface area (Å²) in [5.74, 6) is -0.566. The van der Waals surface area contributed by atoms with Crippen LogP contribution in [-0.2, 0) is 4.79 Å². The third kappa shape index (κ3) is 4.91. The fourth-order valence-electron chi connectivity index (χ4n) is 2.28. The van der Waals surface area contributed by atoms with Gasteiger partial charge in [-0.2, -0.15) is 0 Å². The number of aliphatic carboxylic acids is 1. The highest BCUT2D eigenvalue weighted by Gasteiger charge is 2.24. The summed E-state index contributed by atoms with van der Waals surface area (Å²) in [6.07, 6.45) is 2.62. The van der Waals surface area contributed by atoms with Crippen molar-refractivity contribution in [2.75, 3.05) is 19.7 Å². The van der Waals surface area contributed by atoms with Crippen LogP contribution in [0.5, 0.6) is 0 Å². The van der Waals surface area contributed by atoms with Crippen LogP contribution in [-0.4, -0.2) is 52.9 Å². The third-order valence-corrected chi connectivity index (χ3v) is 3.19. The van der Waals surface area contributed by atoms with Crippen molar-refractivity contribution in [1.82, 2.24) is 10.2 Å². The summed E-state index contributed by atoms with van der Waals surface area (Å²) in [7, 11) is 0. The van der Waals surface area contributed by atoms with Gasteiger partial charge < -0.3 is 20.4 Å². The van der Waals surface area contributed by atoms with Gasteiger partial charge >= 0.3 is 12.0 Å². The van der Waals surface area contributed by atoms with Crippen molar-refractivity contribution in [3.05, 3.63) is 0 Å². The lowest BCUT2D eigenvalue weighted by Crippen LogP contribution is -2.48. The van der Waals surface area contributed by atoms with E-state index in [1.165, 1.54) is 0 Å². The maximum atomic E-state index is 11.9. The number of aliphatic hydroxyl groups is 1. The summed E-state index contributed by atoms with van der Waals surface area (Å²) in [6.45, 7) is 3.18. The van der Waals surface area contributed by atoms with Crippen molar-refractivity contribution < 1.29 is 19.8 Å². The molecule has 0 aromatic rings. The van der Waals surface area contributed by atoms with E-state index in [4.69, 9.17) is 10.2 Å². The van der Waals surface area contributed by atoms with E-state index in [1.54, 1.807) is 11.8 Å². The topological polar surface area (TPSA) is 89.9 Å². The Morgan fingerprint density at radius 1 is 1.50 bits per heavy atom.